The lowest BCUT2D eigenvalue weighted by atomic mass is 10.0. The summed E-state index contributed by atoms with van der Waals surface area (Å²) >= 11 is 3.71. The van der Waals surface area contributed by atoms with Gasteiger partial charge in [0, 0.05) is 34.1 Å². The summed E-state index contributed by atoms with van der Waals surface area (Å²) in [4.78, 5) is 0. The zero-order chi connectivity index (χ0) is 13.1. The van der Waals surface area contributed by atoms with Crippen LogP contribution >= 0.6 is 23.5 Å². The maximum absolute atomic E-state index is 14.0. The first-order valence-corrected chi connectivity index (χ1v) is 8.16. The number of rotatable bonds is 3. The predicted octanol–water partition coefficient (Wildman–Crippen LogP) is 3.38. The van der Waals surface area contributed by atoms with Gasteiger partial charge in [-0.2, -0.15) is 23.5 Å². The van der Waals surface area contributed by atoms with Gasteiger partial charge in [-0.25, -0.2) is 8.78 Å². The van der Waals surface area contributed by atoms with E-state index in [0.29, 0.717) is 16.4 Å². The number of aryl methyl sites for hydroxylation is 1. The summed E-state index contributed by atoms with van der Waals surface area (Å²) in [6.45, 7) is 1.59. The van der Waals surface area contributed by atoms with Gasteiger partial charge in [0.15, 0.2) is 11.6 Å². The Bertz CT molecular complexity index is 420. The van der Waals surface area contributed by atoms with Gasteiger partial charge in [0.05, 0.1) is 0 Å². The number of benzene rings is 1. The summed E-state index contributed by atoms with van der Waals surface area (Å²) in [5.41, 5.74) is 0.803. The Morgan fingerprint density at radius 1 is 1.28 bits per heavy atom. The molecule has 0 spiro atoms. The van der Waals surface area contributed by atoms with Crippen molar-refractivity contribution in [3.05, 3.63) is 34.9 Å². The zero-order valence-corrected chi connectivity index (χ0v) is 12.1. The van der Waals surface area contributed by atoms with Gasteiger partial charge in [-0.15, -0.1) is 0 Å². The molecule has 0 aliphatic carbocycles. The molecule has 0 aromatic heterocycles. The largest absolute Gasteiger partial charge is 0.312 e. The van der Waals surface area contributed by atoms with E-state index in [-0.39, 0.29) is 6.04 Å². The third kappa shape index (κ3) is 2.83. The summed E-state index contributed by atoms with van der Waals surface area (Å²) in [7, 11) is 1.81. The quantitative estimate of drug-likeness (QED) is 0.916. The Balaban J connectivity index is 2.29. The highest BCUT2D eigenvalue weighted by atomic mass is 32.2. The molecule has 2 rings (SSSR count). The summed E-state index contributed by atoms with van der Waals surface area (Å²) in [6.07, 6.45) is 0. The molecule has 1 heterocycles. The van der Waals surface area contributed by atoms with Crippen LogP contribution < -0.4 is 5.32 Å². The van der Waals surface area contributed by atoms with Crippen molar-refractivity contribution in [2.45, 2.75) is 18.2 Å². The lowest BCUT2D eigenvalue weighted by Gasteiger charge is -2.30. The van der Waals surface area contributed by atoms with E-state index in [1.165, 1.54) is 0 Å². The number of hydrogen-bond donors (Lipinski definition) is 1. The minimum absolute atomic E-state index is 0.127. The van der Waals surface area contributed by atoms with Gasteiger partial charge in [-0.3, -0.25) is 0 Å². The molecule has 0 amide bonds. The normalized spacial score (nSPS) is 21.9. The van der Waals surface area contributed by atoms with Crippen LogP contribution in [0.5, 0.6) is 0 Å². The van der Waals surface area contributed by atoms with Crippen LogP contribution in [-0.4, -0.2) is 29.6 Å². The van der Waals surface area contributed by atoms with Crippen LogP contribution in [0.25, 0.3) is 0 Å². The molecule has 100 valence electrons. The SMILES string of the molecule is CNC(c1ccc(C)c(F)c1F)C1CSCCS1. The fourth-order valence-corrected chi connectivity index (χ4v) is 5.04. The number of hydrogen-bond acceptors (Lipinski definition) is 3. The second-order valence-corrected chi connectivity index (χ2v) is 6.85. The molecule has 1 aliphatic rings. The molecule has 1 nitrogen and oxygen atoms in total. The second-order valence-electron chi connectivity index (χ2n) is 4.35. The van der Waals surface area contributed by atoms with Crippen molar-refractivity contribution in [1.82, 2.24) is 5.32 Å². The fourth-order valence-electron chi connectivity index (χ4n) is 2.14. The maximum Gasteiger partial charge on any atom is 0.163 e. The Morgan fingerprint density at radius 3 is 2.67 bits per heavy atom. The van der Waals surface area contributed by atoms with E-state index >= 15 is 0 Å². The van der Waals surface area contributed by atoms with Crippen LogP contribution in [0.15, 0.2) is 12.1 Å². The van der Waals surface area contributed by atoms with Crippen molar-refractivity contribution in [2.75, 3.05) is 24.3 Å². The molecule has 0 saturated carbocycles. The number of thioether (sulfide) groups is 2. The molecule has 2 atom stereocenters. The van der Waals surface area contributed by atoms with E-state index in [0.717, 1.165) is 17.3 Å². The van der Waals surface area contributed by atoms with Gasteiger partial charge in [-0.05, 0) is 19.5 Å². The molecule has 1 aliphatic heterocycles. The molecule has 0 radical (unpaired) electrons. The zero-order valence-electron chi connectivity index (χ0n) is 10.5. The van der Waals surface area contributed by atoms with Crippen LogP contribution in [0.3, 0.4) is 0 Å². The second kappa shape index (κ2) is 6.26. The monoisotopic (exact) mass is 289 g/mol. The predicted molar refractivity (Wildman–Crippen MR) is 76.5 cm³/mol. The van der Waals surface area contributed by atoms with Crippen LogP contribution in [0, 0.1) is 18.6 Å². The van der Waals surface area contributed by atoms with E-state index in [1.54, 1.807) is 19.1 Å². The highest BCUT2D eigenvalue weighted by molar-refractivity contribution is 8.06. The van der Waals surface area contributed by atoms with E-state index < -0.39 is 11.6 Å². The molecule has 1 saturated heterocycles. The first-order chi connectivity index (χ1) is 8.65. The molecule has 1 fully saturated rings. The fraction of sp³-hybridized carbons (Fsp3) is 0.538. The van der Waals surface area contributed by atoms with Crippen LogP contribution in [0.1, 0.15) is 17.2 Å². The maximum atomic E-state index is 14.0. The van der Waals surface area contributed by atoms with Crippen molar-refractivity contribution in [2.24, 2.45) is 0 Å². The van der Waals surface area contributed by atoms with Crippen LogP contribution in [-0.2, 0) is 0 Å². The van der Waals surface area contributed by atoms with Gasteiger partial charge < -0.3 is 5.32 Å². The lowest BCUT2D eigenvalue weighted by molar-refractivity contribution is 0.469. The third-order valence-electron chi connectivity index (χ3n) is 3.16. The summed E-state index contributed by atoms with van der Waals surface area (Å²) in [5.74, 6) is 1.77. The molecule has 1 aromatic carbocycles. The topological polar surface area (TPSA) is 12.0 Å². The van der Waals surface area contributed by atoms with Gasteiger partial charge in [0.2, 0.25) is 0 Å². The van der Waals surface area contributed by atoms with E-state index in [1.807, 2.05) is 30.6 Å². The highest BCUT2D eigenvalue weighted by Gasteiger charge is 2.28. The number of nitrogens with one attached hydrogen (secondary N) is 1. The minimum Gasteiger partial charge on any atom is -0.312 e. The Kier molecular flexibility index (Phi) is 4.92. The Hall–Kier alpha value is -0.260. The van der Waals surface area contributed by atoms with Gasteiger partial charge >= 0.3 is 0 Å². The molecule has 1 N–H and O–H groups in total. The first kappa shape index (κ1) is 14.2. The lowest BCUT2D eigenvalue weighted by Crippen LogP contribution is -2.32. The van der Waals surface area contributed by atoms with Gasteiger partial charge in [0.1, 0.15) is 0 Å². The molecule has 1 aromatic rings. The van der Waals surface area contributed by atoms with Crippen molar-refractivity contribution < 1.29 is 8.78 Å². The molecule has 18 heavy (non-hydrogen) atoms. The van der Waals surface area contributed by atoms with Gasteiger partial charge in [0.25, 0.3) is 0 Å². The molecule has 2 unspecified atom stereocenters. The van der Waals surface area contributed by atoms with Crippen molar-refractivity contribution in [1.29, 1.82) is 0 Å². The Labute approximate surface area is 115 Å². The third-order valence-corrected chi connectivity index (χ3v) is 6.03. The molecular formula is C13H17F2NS2. The molecule has 5 heteroatoms. The molecule has 0 bridgehead atoms. The van der Waals surface area contributed by atoms with Crippen molar-refractivity contribution in [3.8, 4) is 0 Å². The number of halogens is 2. The molecular weight excluding hydrogens is 272 g/mol. The average molecular weight is 289 g/mol. The highest BCUT2D eigenvalue weighted by Crippen LogP contribution is 2.35. The van der Waals surface area contributed by atoms with Crippen LogP contribution in [0.4, 0.5) is 8.78 Å². The Morgan fingerprint density at radius 2 is 2.06 bits per heavy atom. The summed E-state index contributed by atoms with van der Waals surface area (Å²) < 4.78 is 27.7. The average Bonchev–Trinajstić information content (AvgIpc) is 2.41. The smallest absolute Gasteiger partial charge is 0.163 e. The van der Waals surface area contributed by atoms with Crippen molar-refractivity contribution >= 4 is 23.5 Å². The van der Waals surface area contributed by atoms with E-state index in [2.05, 4.69) is 5.32 Å². The van der Waals surface area contributed by atoms with Crippen molar-refractivity contribution in [3.63, 3.8) is 0 Å². The van der Waals surface area contributed by atoms with Gasteiger partial charge in [-0.1, -0.05) is 12.1 Å². The minimum atomic E-state index is -0.721. The first-order valence-electron chi connectivity index (χ1n) is 5.96. The van der Waals surface area contributed by atoms with E-state index in [9.17, 15) is 8.78 Å². The summed E-state index contributed by atoms with van der Waals surface area (Å²) in [5, 5.41) is 3.43. The van der Waals surface area contributed by atoms with E-state index in [4.69, 9.17) is 0 Å². The van der Waals surface area contributed by atoms with Crippen LogP contribution in [0.2, 0.25) is 0 Å². The summed E-state index contributed by atoms with van der Waals surface area (Å²) in [6, 6.07) is 3.23. The standard InChI is InChI=1S/C13H17F2NS2/c1-8-3-4-9(12(15)11(8)14)13(16-2)10-7-17-5-6-18-10/h3-4,10,13,16H,5-7H2,1-2H3.